The fraction of sp³-hybridized carbons (Fsp3) is 0.500. The Balaban J connectivity index is 3.65. The van der Waals surface area contributed by atoms with Crippen LogP contribution in [-0.2, 0) is 0 Å². The second kappa shape index (κ2) is 6.90. The van der Waals surface area contributed by atoms with E-state index in [0.29, 0.717) is 5.92 Å². The molecule has 0 aromatic carbocycles. The average Bonchev–Trinajstić information content (AvgIpc) is 2.01. The molecule has 0 aliphatic rings. The van der Waals surface area contributed by atoms with E-state index in [0.717, 1.165) is 12.8 Å². The topological polar surface area (TPSA) is 0 Å². The van der Waals surface area contributed by atoms with Crippen molar-refractivity contribution in [1.82, 2.24) is 0 Å². The van der Waals surface area contributed by atoms with E-state index in [1.54, 1.807) is 0 Å². The Morgan fingerprint density at radius 2 is 2.08 bits per heavy atom. The standard InChI is InChI=1S/C12H20/c1-5-6-7-8-12(4)10-9-11(2)3/h5,7-9,12H,1,6,10H2,2-4H3. The quantitative estimate of drug-likeness (QED) is 0.536. The summed E-state index contributed by atoms with van der Waals surface area (Å²) in [6, 6.07) is 0. The third-order valence-electron chi connectivity index (χ3n) is 1.67. The first-order valence-electron chi connectivity index (χ1n) is 4.57. The zero-order chi connectivity index (χ0) is 9.40. The molecule has 0 aliphatic heterocycles. The predicted octanol–water partition coefficient (Wildman–Crippen LogP) is 4.11. The monoisotopic (exact) mass is 164 g/mol. The lowest BCUT2D eigenvalue weighted by atomic mass is 10.1. The van der Waals surface area contributed by atoms with E-state index in [4.69, 9.17) is 0 Å². The maximum Gasteiger partial charge on any atom is -0.0172 e. The van der Waals surface area contributed by atoms with Gasteiger partial charge in [0.25, 0.3) is 0 Å². The molecule has 0 aromatic heterocycles. The molecule has 1 unspecified atom stereocenters. The van der Waals surface area contributed by atoms with Gasteiger partial charge >= 0.3 is 0 Å². The molecule has 0 aliphatic carbocycles. The van der Waals surface area contributed by atoms with Crippen LogP contribution in [0.1, 0.15) is 33.6 Å². The van der Waals surface area contributed by atoms with Crippen molar-refractivity contribution in [2.75, 3.05) is 0 Å². The van der Waals surface area contributed by atoms with E-state index < -0.39 is 0 Å². The lowest BCUT2D eigenvalue weighted by molar-refractivity contribution is 0.738. The number of hydrogen-bond donors (Lipinski definition) is 0. The van der Waals surface area contributed by atoms with Gasteiger partial charge in [-0.15, -0.1) is 6.58 Å². The van der Waals surface area contributed by atoms with Gasteiger partial charge in [-0.25, -0.2) is 0 Å². The molecule has 0 saturated carbocycles. The fourth-order valence-electron chi connectivity index (χ4n) is 0.907. The lowest BCUT2D eigenvalue weighted by Gasteiger charge is -2.00. The van der Waals surface area contributed by atoms with Gasteiger partial charge in [0.1, 0.15) is 0 Å². The Morgan fingerprint density at radius 1 is 1.42 bits per heavy atom. The Kier molecular flexibility index (Phi) is 6.45. The summed E-state index contributed by atoms with van der Waals surface area (Å²) in [6.45, 7) is 10.2. The minimum atomic E-state index is 0.653. The van der Waals surface area contributed by atoms with Crippen LogP contribution in [0.5, 0.6) is 0 Å². The van der Waals surface area contributed by atoms with E-state index in [-0.39, 0.29) is 0 Å². The molecular formula is C12H20. The van der Waals surface area contributed by atoms with Crippen molar-refractivity contribution >= 4 is 0 Å². The molecule has 68 valence electrons. The van der Waals surface area contributed by atoms with Crippen molar-refractivity contribution in [3.63, 3.8) is 0 Å². The van der Waals surface area contributed by atoms with Gasteiger partial charge in [0.05, 0.1) is 0 Å². The normalized spacial score (nSPS) is 12.9. The number of hydrogen-bond acceptors (Lipinski definition) is 0. The maximum absolute atomic E-state index is 3.67. The molecule has 0 rings (SSSR count). The van der Waals surface area contributed by atoms with Crippen LogP contribution in [0.4, 0.5) is 0 Å². The summed E-state index contributed by atoms with van der Waals surface area (Å²) in [4.78, 5) is 0. The number of rotatable bonds is 5. The van der Waals surface area contributed by atoms with Crippen LogP contribution in [-0.4, -0.2) is 0 Å². The van der Waals surface area contributed by atoms with Gasteiger partial charge in [0, 0.05) is 0 Å². The molecule has 0 heteroatoms. The highest BCUT2D eigenvalue weighted by Gasteiger charge is 1.91. The molecule has 0 fully saturated rings. The Labute approximate surface area is 76.7 Å². The van der Waals surface area contributed by atoms with Crippen molar-refractivity contribution in [3.05, 3.63) is 36.5 Å². The van der Waals surface area contributed by atoms with Crippen molar-refractivity contribution in [2.24, 2.45) is 5.92 Å². The first-order chi connectivity index (χ1) is 5.66. The molecule has 12 heavy (non-hydrogen) atoms. The Hall–Kier alpha value is -0.780. The highest BCUT2D eigenvalue weighted by Crippen LogP contribution is 2.07. The maximum atomic E-state index is 3.67. The molecule has 0 heterocycles. The summed E-state index contributed by atoms with van der Waals surface area (Å²) in [7, 11) is 0. The van der Waals surface area contributed by atoms with Crippen LogP contribution in [0, 0.1) is 5.92 Å². The zero-order valence-electron chi connectivity index (χ0n) is 8.51. The smallest absolute Gasteiger partial charge is 0.0172 e. The van der Waals surface area contributed by atoms with Gasteiger partial charge < -0.3 is 0 Å². The molecular weight excluding hydrogens is 144 g/mol. The van der Waals surface area contributed by atoms with Crippen LogP contribution in [0.2, 0.25) is 0 Å². The third-order valence-corrected chi connectivity index (χ3v) is 1.67. The van der Waals surface area contributed by atoms with Gasteiger partial charge in [0.15, 0.2) is 0 Å². The van der Waals surface area contributed by atoms with Gasteiger partial charge in [-0.2, -0.15) is 0 Å². The predicted molar refractivity (Wildman–Crippen MR) is 57.2 cm³/mol. The highest BCUT2D eigenvalue weighted by atomic mass is 14.0. The second-order valence-corrected chi connectivity index (χ2v) is 3.45. The van der Waals surface area contributed by atoms with Gasteiger partial charge in [-0.3, -0.25) is 0 Å². The summed E-state index contributed by atoms with van der Waals surface area (Å²) in [5.74, 6) is 0.653. The molecule has 1 atom stereocenters. The molecule has 0 amide bonds. The van der Waals surface area contributed by atoms with Gasteiger partial charge in [0.2, 0.25) is 0 Å². The molecule has 0 radical (unpaired) electrons. The van der Waals surface area contributed by atoms with E-state index in [1.807, 2.05) is 6.08 Å². The van der Waals surface area contributed by atoms with E-state index in [9.17, 15) is 0 Å². The van der Waals surface area contributed by atoms with Crippen LogP contribution in [0.15, 0.2) is 36.5 Å². The van der Waals surface area contributed by atoms with Crippen molar-refractivity contribution < 1.29 is 0 Å². The fourth-order valence-corrected chi connectivity index (χ4v) is 0.907. The largest absolute Gasteiger partial charge is 0.103 e. The zero-order valence-corrected chi connectivity index (χ0v) is 8.51. The van der Waals surface area contributed by atoms with Crippen LogP contribution in [0.3, 0.4) is 0 Å². The molecule has 0 nitrogen and oxygen atoms in total. The summed E-state index contributed by atoms with van der Waals surface area (Å²) >= 11 is 0. The van der Waals surface area contributed by atoms with Crippen LogP contribution >= 0.6 is 0 Å². The minimum absolute atomic E-state index is 0.653. The van der Waals surface area contributed by atoms with E-state index >= 15 is 0 Å². The lowest BCUT2D eigenvalue weighted by Crippen LogP contribution is -1.86. The first kappa shape index (κ1) is 11.2. The van der Waals surface area contributed by atoms with Crippen molar-refractivity contribution in [1.29, 1.82) is 0 Å². The SMILES string of the molecule is C=CCC=CC(C)CC=C(C)C. The van der Waals surface area contributed by atoms with Crippen molar-refractivity contribution in [2.45, 2.75) is 33.6 Å². The van der Waals surface area contributed by atoms with Gasteiger partial charge in [-0.1, -0.05) is 36.8 Å². The summed E-state index contributed by atoms with van der Waals surface area (Å²) in [5.41, 5.74) is 1.40. The Morgan fingerprint density at radius 3 is 2.58 bits per heavy atom. The van der Waals surface area contributed by atoms with E-state index in [2.05, 4.69) is 45.6 Å². The van der Waals surface area contributed by atoms with E-state index in [1.165, 1.54) is 5.57 Å². The summed E-state index contributed by atoms with van der Waals surface area (Å²) in [6.07, 6.45) is 10.8. The van der Waals surface area contributed by atoms with Crippen LogP contribution < -0.4 is 0 Å². The summed E-state index contributed by atoms with van der Waals surface area (Å²) < 4.78 is 0. The van der Waals surface area contributed by atoms with Crippen molar-refractivity contribution in [3.8, 4) is 0 Å². The third kappa shape index (κ3) is 7.33. The molecule has 0 N–H and O–H groups in total. The molecule has 0 aromatic rings. The molecule has 0 saturated heterocycles. The second-order valence-electron chi connectivity index (χ2n) is 3.45. The first-order valence-corrected chi connectivity index (χ1v) is 4.57. The molecule has 0 bridgehead atoms. The molecule has 0 spiro atoms. The highest BCUT2D eigenvalue weighted by molar-refractivity contribution is 4.98. The summed E-state index contributed by atoms with van der Waals surface area (Å²) in [5, 5.41) is 0. The van der Waals surface area contributed by atoms with Gasteiger partial charge in [-0.05, 0) is 32.6 Å². The Bertz CT molecular complexity index is 168. The number of allylic oxidation sites excluding steroid dienone is 5. The average molecular weight is 164 g/mol. The van der Waals surface area contributed by atoms with Crippen LogP contribution in [0.25, 0.3) is 0 Å². The minimum Gasteiger partial charge on any atom is -0.103 e.